The number of nitrogens with zero attached hydrogens (tertiary/aromatic N) is 1. The molecule has 2 aromatic rings. The Morgan fingerprint density at radius 3 is 1.82 bits per heavy atom. The first kappa shape index (κ1) is 15.2. The van der Waals surface area contributed by atoms with Crippen LogP contribution < -0.4 is 11.1 Å². The minimum Gasteiger partial charge on any atom is -0.329 e. The maximum Gasteiger partial charge on any atom is 0.0328 e. The van der Waals surface area contributed by atoms with Crippen LogP contribution in [-0.2, 0) is 0 Å². The van der Waals surface area contributed by atoms with Gasteiger partial charge in [-0.2, -0.15) is 0 Å². The molecular weight excluding hydrogens is 270 g/mol. The summed E-state index contributed by atoms with van der Waals surface area (Å²) in [5.74, 6) is 0.325. The Kier molecular flexibility index (Phi) is 5.22. The van der Waals surface area contributed by atoms with Crippen molar-refractivity contribution in [1.82, 2.24) is 10.2 Å². The van der Waals surface area contributed by atoms with E-state index in [1.165, 1.54) is 11.1 Å². The van der Waals surface area contributed by atoms with E-state index in [-0.39, 0.29) is 0 Å². The Morgan fingerprint density at radius 2 is 1.36 bits per heavy atom. The van der Waals surface area contributed by atoms with Crippen molar-refractivity contribution >= 4 is 0 Å². The van der Waals surface area contributed by atoms with Gasteiger partial charge in [-0.3, -0.25) is 4.90 Å². The zero-order valence-electron chi connectivity index (χ0n) is 13.0. The molecule has 0 bridgehead atoms. The summed E-state index contributed by atoms with van der Waals surface area (Å²) in [6.45, 7) is 4.91. The number of benzene rings is 2. The van der Waals surface area contributed by atoms with Gasteiger partial charge in [0.05, 0.1) is 0 Å². The fourth-order valence-electron chi connectivity index (χ4n) is 3.47. The number of piperazine rings is 1. The molecule has 0 saturated carbocycles. The van der Waals surface area contributed by atoms with Gasteiger partial charge in [0.1, 0.15) is 0 Å². The third-order valence-corrected chi connectivity index (χ3v) is 4.56. The van der Waals surface area contributed by atoms with Crippen LogP contribution in [0.4, 0.5) is 0 Å². The molecule has 1 aliphatic rings. The SMILES string of the molecule is NCC(C(c1ccccc1)c1ccccc1)N1CCNCC1. The second kappa shape index (κ2) is 7.54. The quantitative estimate of drug-likeness (QED) is 0.887. The number of hydrogen-bond acceptors (Lipinski definition) is 3. The Morgan fingerprint density at radius 1 is 0.864 bits per heavy atom. The first-order valence-electron chi connectivity index (χ1n) is 8.15. The molecule has 0 radical (unpaired) electrons. The van der Waals surface area contributed by atoms with E-state index in [9.17, 15) is 0 Å². The summed E-state index contributed by atoms with van der Waals surface area (Å²) >= 11 is 0. The highest BCUT2D eigenvalue weighted by molar-refractivity contribution is 5.34. The zero-order valence-corrected chi connectivity index (χ0v) is 13.0. The third kappa shape index (κ3) is 3.38. The van der Waals surface area contributed by atoms with E-state index in [1.54, 1.807) is 0 Å². The van der Waals surface area contributed by atoms with Crippen molar-refractivity contribution in [1.29, 1.82) is 0 Å². The number of nitrogens with two attached hydrogens (primary N) is 1. The van der Waals surface area contributed by atoms with Crippen LogP contribution in [-0.4, -0.2) is 43.7 Å². The van der Waals surface area contributed by atoms with Crippen molar-refractivity contribution in [2.75, 3.05) is 32.7 Å². The fourth-order valence-corrected chi connectivity index (χ4v) is 3.47. The third-order valence-electron chi connectivity index (χ3n) is 4.56. The second-order valence-corrected chi connectivity index (χ2v) is 5.89. The minimum absolute atomic E-state index is 0.325. The van der Waals surface area contributed by atoms with Gasteiger partial charge in [0.25, 0.3) is 0 Å². The summed E-state index contributed by atoms with van der Waals surface area (Å²) in [4.78, 5) is 2.54. The van der Waals surface area contributed by atoms with E-state index >= 15 is 0 Å². The van der Waals surface area contributed by atoms with Crippen LogP contribution in [0.15, 0.2) is 60.7 Å². The molecule has 0 spiro atoms. The lowest BCUT2D eigenvalue weighted by Gasteiger charge is -2.39. The Hall–Kier alpha value is -1.68. The van der Waals surface area contributed by atoms with Gasteiger partial charge in [0.2, 0.25) is 0 Å². The topological polar surface area (TPSA) is 41.3 Å². The molecular formula is C19H25N3. The molecule has 3 N–H and O–H groups in total. The number of hydrogen-bond donors (Lipinski definition) is 2. The molecule has 3 rings (SSSR count). The predicted octanol–water partition coefficient (Wildman–Crippen LogP) is 2.05. The van der Waals surface area contributed by atoms with E-state index in [1.807, 2.05) is 0 Å². The average molecular weight is 295 g/mol. The van der Waals surface area contributed by atoms with Crippen molar-refractivity contribution in [3.63, 3.8) is 0 Å². The standard InChI is InChI=1S/C19H25N3/c20-15-18(22-13-11-21-12-14-22)19(16-7-3-1-4-8-16)17-9-5-2-6-10-17/h1-10,18-19,21H,11-15,20H2. The van der Waals surface area contributed by atoms with Crippen LogP contribution in [0, 0.1) is 0 Å². The fraction of sp³-hybridized carbons (Fsp3) is 0.368. The molecule has 1 unspecified atom stereocenters. The van der Waals surface area contributed by atoms with Crippen molar-refractivity contribution in [2.45, 2.75) is 12.0 Å². The van der Waals surface area contributed by atoms with Crippen molar-refractivity contribution in [3.05, 3.63) is 71.8 Å². The lowest BCUT2D eigenvalue weighted by molar-refractivity contribution is 0.163. The van der Waals surface area contributed by atoms with Crippen LogP contribution in [0.1, 0.15) is 17.0 Å². The smallest absolute Gasteiger partial charge is 0.0328 e. The van der Waals surface area contributed by atoms with Crippen LogP contribution in [0.3, 0.4) is 0 Å². The van der Waals surface area contributed by atoms with Crippen LogP contribution in [0.25, 0.3) is 0 Å². The minimum atomic E-state index is 0.325. The summed E-state index contributed by atoms with van der Waals surface area (Å²) < 4.78 is 0. The highest BCUT2D eigenvalue weighted by atomic mass is 15.2. The van der Waals surface area contributed by atoms with Gasteiger partial charge >= 0.3 is 0 Å². The number of rotatable bonds is 5. The summed E-state index contributed by atoms with van der Waals surface area (Å²) in [7, 11) is 0. The molecule has 1 aliphatic heterocycles. The summed E-state index contributed by atoms with van der Waals surface area (Å²) in [5.41, 5.74) is 8.92. The van der Waals surface area contributed by atoms with Gasteiger partial charge in [0, 0.05) is 44.7 Å². The molecule has 0 aromatic heterocycles. The summed E-state index contributed by atoms with van der Waals surface area (Å²) in [5, 5.41) is 3.43. The second-order valence-electron chi connectivity index (χ2n) is 5.89. The van der Waals surface area contributed by atoms with Gasteiger partial charge in [-0.25, -0.2) is 0 Å². The average Bonchev–Trinajstić information content (AvgIpc) is 2.62. The zero-order chi connectivity index (χ0) is 15.2. The molecule has 3 nitrogen and oxygen atoms in total. The molecule has 0 amide bonds. The molecule has 116 valence electrons. The van der Waals surface area contributed by atoms with E-state index in [0.29, 0.717) is 18.5 Å². The molecule has 2 aromatic carbocycles. The first-order chi connectivity index (χ1) is 10.9. The highest BCUT2D eigenvalue weighted by Crippen LogP contribution is 2.30. The molecule has 1 atom stereocenters. The maximum atomic E-state index is 6.22. The molecule has 1 heterocycles. The van der Waals surface area contributed by atoms with Crippen LogP contribution in [0.5, 0.6) is 0 Å². The van der Waals surface area contributed by atoms with E-state index < -0.39 is 0 Å². The van der Waals surface area contributed by atoms with E-state index in [0.717, 1.165) is 26.2 Å². The van der Waals surface area contributed by atoms with Crippen LogP contribution >= 0.6 is 0 Å². The van der Waals surface area contributed by atoms with Gasteiger partial charge < -0.3 is 11.1 Å². The first-order valence-corrected chi connectivity index (χ1v) is 8.15. The normalized spacial score (nSPS) is 17.5. The molecule has 1 fully saturated rings. The van der Waals surface area contributed by atoms with Gasteiger partial charge in [0.15, 0.2) is 0 Å². The summed E-state index contributed by atoms with van der Waals surface area (Å²) in [6, 6.07) is 21.9. The Balaban J connectivity index is 1.96. The van der Waals surface area contributed by atoms with Gasteiger partial charge in [-0.05, 0) is 11.1 Å². The van der Waals surface area contributed by atoms with Gasteiger partial charge in [-0.1, -0.05) is 60.7 Å². The molecule has 0 aliphatic carbocycles. The summed E-state index contributed by atoms with van der Waals surface area (Å²) in [6.07, 6.45) is 0. The van der Waals surface area contributed by atoms with Crippen molar-refractivity contribution in [2.24, 2.45) is 5.73 Å². The van der Waals surface area contributed by atoms with E-state index in [2.05, 4.69) is 70.9 Å². The molecule has 1 saturated heterocycles. The number of nitrogens with one attached hydrogen (secondary N) is 1. The lowest BCUT2D eigenvalue weighted by Crippen LogP contribution is -2.53. The lowest BCUT2D eigenvalue weighted by atomic mass is 9.84. The largest absolute Gasteiger partial charge is 0.329 e. The van der Waals surface area contributed by atoms with Crippen LogP contribution in [0.2, 0.25) is 0 Å². The van der Waals surface area contributed by atoms with Crippen molar-refractivity contribution < 1.29 is 0 Å². The van der Waals surface area contributed by atoms with Crippen molar-refractivity contribution in [3.8, 4) is 0 Å². The highest BCUT2D eigenvalue weighted by Gasteiger charge is 2.29. The Labute approximate surface area is 133 Å². The molecule has 22 heavy (non-hydrogen) atoms. The Bertz CT molecular complexity index is 510. The van der Waals surface area contributed by atoms with E-state index in [4.69, 9.17) is 5.73 Å². The molecule has 3 heteroatoms. The predicted molar refractivity (Wildman–Crippen MR) is 92.0 cm³/mol. The monoisotopic (exact) mass is 295 g/mol. The van der Waals surface area contributed by atoms with Gasteiger partial charge in [-0.15, -0.1) is 0 Å². The maximum absolute atomic E-state index is 6.22.